The van der Waals surface area contributed by atoms with E-state index in [9.17, 15) is 44.7 Å². The molecule has 236 valence electrons. The predicted molar refractivity (Wildman–Crippen MR) is 136 cm³/mol. The van der Waals surface area contributed by atoms with Gasteiger partial charge in [0.05, 0.1) is 36.0 Å². The monoisotopic (exact) mass is 623 g/mol. The van der Waals surface area contributed by atoms with Crippen molar-refractivity contribution in [1.29, 1.82) is 0 Å². The van der Waals surface area contributed by atoms with Crippen LogP contribution >= 0.6 is 0 Å². The summed E-state index contributed by atoms with van der Waals surface area (Å²) in [5.74, 6) is -4.94. The van der Waals surface area contributed by atoms with Gasteiger partial charge in [-0.1, -0.05) is 6.07 Å². The number of carbonyl (C=O) groups excluding carboxylic acids is 2. The van der Waals surface area contributed by atoms with E-state index in [1.54, 1.807) is 25.1 Å². The third kappa shape index (κ3) is 9.13. The summed E-state index contributed by atoms with van der Waals surface area (Å²) in [4.78, 5) is 36.4. The molecule has 16 heteroatoms. The minimum Gasteiger partial charge on any atom is -0.448 e. The average Bonchev–Trinajstić information content (AvgIpc) is 3.55. The Hall–Kier alpha value is -3.72. The van der Waals surface area contributed by atoms with Crippen LogP contribution in [-0.2, 0) is 11.2 Å². The molecule has 0 bridgehead atoms. The Morgan fingerprint density at radius 1 is 1.05 bits per heavy atom. The lowest BCUT2D eigenvalue weighted by atomic mass is 9.81. The zero-order valence-corrected chi connectivity index (χ0v) is 22.8. The van der Waals surface area contributed by atoms with E-state index >= 15 is 0 Å². The maximum Gasteiger partial charge on any atom is 0.389 e. The van der Waals surface area contributed by atoms with E-state index in [1.807, 2.05) is 0 Å². The fourth-order valence-electron chi connectivity index (χ4n) is 4.91. The van der Waals surface area contributed by atoms with E-state index in [4.69, 9.17) is 4.42 Å². The molecule has 1 aromatic carbocycles. The lowest BCUT2D eigenvalue weighted by Crippen LogP contribution is -2.37. The molecule has 0 saturated heterocycles. The van der Waals surface area contributed by atoms with Crippen LogP contribution in [0.15, 0.2) is 28.9 Å². The van der Waals surface area contributed by atoms with Crippen molar-refractivity contribution in [1.82, 2.24) is 25.6 Å². The number of carbonyl (C=O) groups is 2. The van der Waals surface area contributed by atoms with Gasteiger partial charge in [-0.25, -0.2) is 18.7 Å². The van der Waals surface area contributed by atoms with Crippen LogP contribution in [0.4, 0.5) is 35.1 Å². The third-order valence-electron chi connectivity index (χ3n) is 7.26. The number of aromatic nitrogens is 3. The second kappa shape index (κ2) is 12.5. The first-order valence-corrected chi connectivity index (χ1v) is 13.5. The van der Waals surface area contributed by atoms with Crippen LogP contribution in [0.3, 0.4) is 0 Å². The average molecular weight is 624 g/mol. The summed E-state index contributed by atoms with van der Waals surface area (Å²) < 4.78 is 108. The first kappa shape index (κ1) is 32.2. The molecular weight excluding hydrogens is 594 g/mol. The number of aromatic amines is 1. The smallest absolute Gasteiger partial charge is 0.389 e. The molecule has 3 N–H and O–H groups in total. The summed E-state index contributed by atoms with van der Waals surface area (Å²) >= 11 is 0. The molecule has 2 atom stereocenters. The number of nitrogens with one attached hydrogen (secondary N) is 3. The highest BCUT2D eigenvalue weighted by molar-refractivity contribution is 5.92. The van der Waals surface area contributed by atoms with Gasteiger partial charge in [-0.2, -0.15) is 26.3 Å². The lowest BCUT2D eigenvalue weighted by Gasteiger charge is -2.33. The quantitative estimate of drug-likeness (QED) is 0.214. The Bertz CT molecular complexity index is 1420. The van der Waals surface area contributed by atoms with Gasteiger partial charge >= 0.3 is 12.4 Å². The molecule has 4 rings (SSSR count). The molecule has 1 fully saturated rings. The van der Waals surface area contributed by atoms with Gasteiger partial charge in [0.25, 0.3) is 5.91 Å². The van der Waals surface area contributed by atoms with Crippen molar-refractivity contribution in [3.05, 3.63) is 47.4 Å². The van der Waals surface area contributed by atoms with Crippen LogP contribution < -0.4 is 10.6 Å². The van der Waals surface area contributed by atoms with Crippen LogP contribution in [0.2, 0.25) is 0 Å². The number of hydrogen-bond donors (Lipinski definition) is 3. The van der Waals surface area contributed by atoms with E-state index < -0.39 is 86.6 Å². The van der Waals surface area contributed by atoms with E-state index in [2.05, 4.69) is 25.6 Å². The van der Waals surface area contributed by atoms with Crippen molar-refractivity contribution >= 4 is 22.8 Å². The molecule has 43 heavy (non-hydrogen) atoms. The second-order valence-electron chi connectivity index (χ2n) is 10.7. The number of aryl methyl sites for hydroxylation is 1. The number of alkyl halides is 8. The van der Waals surface area contributed by atoms with E-state index in [0.717, 1.165) is 6.26 Å². The summed E-state index contributed by atoms with van der Waals surface area (Å²) in [6.07, 6.45) is -12.4. The van der Waals surface area contributed by atoms with Crippen molar-refractivity contribution in [2.45, 2.75) is 88.6 Å². The number of H-pyrrole nitrogens is 1. The van der Waals surface area contributed by atoms with Gasteiger partial charge in [0.1, 0.15) is 12.1 Å². The molecular formula is C27H29F8N5O3. The molecule has 0 radical (unpaired) electrons. The molecule has 0 aliphatic heterocycles. The normalized spacial score (nSPS) is 17.5. The summed E-state index contributed by atoms with van der Waals surface area (Å²) in [6.45, 7) is 1.59. The largest absolute Gasteiger partial charge is 0.448 e. The number of halogens is 8. The number of nitrogens with zero attached hydrogens (tertiary/aromatic N) is 2. The number of imidazole rings is 1. The minimum atomic E-state index is -4.46. The van der Waals surface area contributed by atoms with Crippen LogP contribution in [0.5, 0.6) is 0 Å². The number of hydrogen-bond acceptors (Lipinski definition) is 5. The molecule has 0 unspecified atom stereocenters. The number of benzene rings is 1. The summed E-state index contributed by atoms with van der Waals surface area (Å²) in [5, 5.41) is 5.21. The number of amides is 2. The fraction of sp³-hybridized carbons (Fsp3) is 0.556. The summed E-state index contributed by atoms with van der Waals surface area (Å²) in [5.41, 5.74) is 1.15. The number of rotatable bonds is 10. The van der Waals surface area contributed by atoms with Crippen molar-refractivity contribution in [3.8, 4) is 0 Å². The summed E-state index contributed by atoms with van der Waals surface area (Å²) in [7, 11) is 0. The number of fused-ring (bicyclic) bond motifs is 1. The highest BCUT2D eigenvalue weighted by Crippen LogP contribution is 2.41. The van der Waals surface area contributed by atoms with Crippen molar-refractivity contribution in [2.24, 2.45) is 5.92 Å². The summed E-state index contributed by atoms with van der Waals surface area (Å²) in [6, 6.07) is 3.31. The maximum atomic E-state index is 13.9. The molecule has 1 saturated carbocycles. The van der Waals surface area contributed by atoms with Gasteiger partial charge in [-0.3, -0.25) is 9.59 Å². The van der Waals surface area contributed by atoms with Gasteiger partial charge < -0.3 is 20.0 Å². The SMILES string of the molecule is C[C@@H](NC(=O)CCC(F)(F)F)c1ccc2[nH]c([C@@H](NC(=O)c3coc(CCC(F)(F)F)n3)C3CCC(F)(F)CC3)nc2c1. The highest BCUT2D eigenvalue weighted by Gasteiger charge is 2.40. The zero-order valence-electron chi connectivity index (χ0n) is 22.8. The molecule has 3 aromatic rings. The fourth-order valence-corrected chi connectivity index (χ4v) is 4.91. The standard InChI is InChI=1S/C27H29F8N5O3/c1-14(36-20(41)6-10-26(30,31)32)16-2-3-17-18(12-16)39-23(38-17)22(15-4-8-25(28,29)9-5-15)40-24(42)19-13-43-21(37-19)7-11-27(33,34)35/h2-3,12-15,22H,4-11H2,1H3,(H,36,41)(H,38,39)(H,40,42)/t14-,22+/m1/s1. The van der Waals surface area contributed by atoms with Gasteiger partial charge in [0.2, 0.25) is 11.8 Å². The molecule has 2 aromatic heterocycles. The van der Waals surface area contributed by atoms with Crippen LogP contribution in [-0.4, -0.2) is 45.0 Å². The van der Waals surface area contributed by atoms with E-state index in [-0.39, 0.29) is 30.3 Å². The van der Waals surface area contributed by atoms with Gasteiger partial charge in [0, 0.05) is 25.7 Å². The minimum absolute atomic E-state index is 0.0525. The predicted octanol–water partition coefficient (Wildman–Crippen LogP) is 6.86. The van der Waals surface area contributed by atoms with Crippen LogP contribution in [0, 0.1) is 5.92 Å². The second-order valence-corrected chi connectivity index (χ2v) is 10.7. The molecule has 1 aliphatic rings. The van der Waals surface area contributed by atoms with Crippen molar-refractivity contribution in [3.63, 3.8) is 0 Å². The Morgan fingerprint density at radius 3 is 2.37 bits per heavy atom. The van der Waals surface area contributed by atoms with Crippen LogP contribution in [0.1, 0.15) is 91.7 Å². The van der Waals surface area contributed by atoms with Gasteiger partial charge in [-0.15, -0.1) is 0 Å². The van der Waals surface area contributed by atoms with Crippen LogP contribution in [0.25, 0.3) is 11.0 Å². The lowest BCUT2D eigenvalue weighted by molar-refractivity contribution is -0.144. The molecule has 8 nitrogen and oxygen atoms in total. The van der Waals surface area contributed by atoms with E-state index in [0.29, 0.717) is 16.6 Å². The Kier molecular flexibility index (Phi) is 9.35. The van der Waals surface area contributed by atoms with Gasteiger partial charge in [-0.05, 0) is 43.4 Å². The Labute approximate surface area is 240 Å². The van der Waals surface area contributed by atoms with Gasteiger partial charge in [0.15, 0.2) is 11.6 Å². The maximum absolute atomic E-state index is 13.9. The molecule has 1 aliphatic carbocycles. The number of oxazole rings is 1. The van der Waals surface area contributed by atoms with Crippen molar-refractivity contribution in [2.75, 3.05) is 0 Å². The topological polar surface area (TPSA) is 113 Å². The molecule has 2 amide bonds. The Morgan fingerprint density at radius 2 is 1.72 bits per heavy atom. The highest BCUT2D eigenvalue weighted by atomic mass is 19.4. The third-order valence-corrected chi connectivity index (χ3v) is 7.26. The Balaban J connectivity index is 1.53. The first-order chi connectivity index (χ1) is 20.0. The zero-order chi connectivity index (χ0) is 31.6. The van der Waals surface area contributed by atoms with Crippen molar-refractivity contribution < 1.29 is 49.1 Å². The van der Waals surface area contributed by atoms with E-state index in [1.165, 1.54) is 0 Å². The first-order valence-electron chi connectivity index (χ1n) is 13.5. The molecule has 0 spiro atoms. The molecule has 2 heterocycles.